The van der Waals surface area contributed by atoms with Gasteiger partial charge in [0, 0.05) is 31.6 Å². The molecule has 1 unspecified atom stereocenters. The van der Waals surface area contributed by atoms with Gasteiger partial charge in [-0.1, -0.05) is 43.3 Å². The molecule has 5 nitrogen and oxygen atoms in total. The lowest BCUT2D eigenvalue weighted by atomic mass is 9.94. The van der Waals surface area contributed by atoms with E-state index in [1.807, 2.05) is 13.8 Å². The Morgan fingerprint density at radius 1 is 1.40 bits per heavy atom. The standard InChI is InChI=1S/C20H27N3O2/c1-14(2)19-12-18(22-25-19)20(24)21-9-11-23-10-8-16(13-23)17-7-5-4-6-15(17)3/h4-7,12,14,16H,8-11,13H2,1-3H3,(H,21,24). The molecule has 0 bridgehead atoms. The molecule has 1 saturated heterocycles. The zero-order valence-corrected chi connectivity index (χ0v) is 15.3. The van der Waals surface area contributed by atoms with Gasteiger partial charge in [0.2, 0.25) is 0 Å². The Bertz CT molecular complexity index is 723. The first kappa shape index (κ1) is 17.7. The van der Waals surface area contributed by atoms with Crippen LogP contribution in [0.4, 0.5) is 0 Å². The van der Waals surface area contributed by atoms with Crippen molar-refractivity contribution in [3.05, 3.63) is 52.9 Å². The summed E-state index contributed by atoms with van der Waals surface area (Å²) in [5.41, 5.74) is 3.19. The van der Waals surface area contributed by atoms with Gasteiger partial charge in [0.15, 0.2) is 5.69 Å². The van der Waals surface area contributed by atoms with Gasteiger partial charge in [-0.25, -0.2) is 0 Å². The molecule has 1 aromatic carbocycles. The van der Waals surface area contributed by atoms with Crippen LogP contribution in [0.5, 0.6) is 0 Å². The quantitative estimate of drug-likeness (QED) is 0.875. The molecule has 1 N–H and O–H groups in total. The van der Waals surface area contributed by atoms with Crippen LogP contribution in [0, 0.1) is 6.92 Å². The summed E-state index contributed by atoms with van der Waals surface area (Å²) >= 11 is 0. The SMILES string of the molecule is Cc1ccccc1C1CCN(CCNC(=O)c2cc(C(C)C)on2)C1. The second-order valence-corrected chi connectivity index (χ2v) is 7.17. The second-order valence-electron chi connectivity index (χ2n) is 7.17. The minimum Gasteiger partial charge on any atom is -0.360 e. The number of hydrogen-bond acceptors (Lipinski definition) is 4. The minimum absolute atomic E-state index is 0.162. The molecule has 5 heteroatoms. The van der Waals surface area contributed by atoms with Crippen LogP contribution in [-0.2, 0) is 0 Å². The number of aromatic nitrogens is 1. The zero-order valence-electron chi connectivity index (χ0n) is 15.3. The normalized spacial score (nSPS) is 18.0. The summed E-state index contributed by atoms with van der Waals surface area (Å²) in [5, 5.41) is 6.79. The first-order valence-electron chi connectivity index (χ1n) is 9.07. The summed E-state index contributed by atoms with van der Waals surface area (Å²) < 4.78 is 5.18. The third-order valence-corrected chi connectivity index (χ3v) is 4.94. The van der Waals surface area contributed by atoms with Gasteiger partial charge in [-0.15, -0.1) is 0 Å². The summed E-state index contributed by atoms with van der Waals surface area (Å²) in [7, 11) is 0. The molecule has 1 aromatic heterocycles. The maximum absolute atomic E-state index is 12.1. The van der Waals surface area contributed by atoms with Gasteiger partial charge in [0.05, 0.1) is 0 Å². The van der Waals surface area contributed by atoms with E-state index < -0.39 is 0 Å². The molecule has 0 aliphatic carbocycles. The van der Waals surface area contributed by atoms with Crippen LogP contribution in [0.25, 0.3) is 0 Å². The molecule has 1 aliphatic heterocycles. The topological polar surface area (TPSA) is 58.4 Å². The van der Waals surface area contributed by atoms with Crippen LogP contribution in [0.3, 0.4) is 0 Å². The van der Waals surface area contributed by atoms with Crippen molar-refractivity contribution in [1.29, 1.82) is 0 Å². The number of aryl methyl sites for hydroxylation is 1. The molecule has 134 valence electrons. The first-order valence-corrected chi connectivity index (χ1v) is 9.07. The van der Waals surface area contributed by atoms with E-state index in [9.17, 15) is 4.79 Å². The summed E-state index contributed by atoms with van der Waals surface area (Å²) in [6.45, 7) is 9.84. The molecule has 0 spiro atoms. The highest BCUT2D eigenvalue weighted by Gasteiger charge is 2.24. The number of benzene rings is 1. The van der Waals surface area contributed by atoms with Gasteiger partial charge in [0.25, 0.3) is 5.91 Å². The highest BCUT2D eigenvalue weighted by molar-refractivity contribution is 5.92. The Morgan fingerprint density at radius 3 is 2.92 bits per heavy atom. The summed E-state index contributed by atoms with van der Waals surface area (Å²) in [6, 6.07) is 10.4. The average molecular weight is 341 g/mol. The van der Waals surface area contributed by atoms with Gasteiger partial charge in [-0.2, -0.15) is 0 Å². The largest absolute Gasteiger partial charge is 0.360 e. The molecule has 3 rings (SSSR count). The van der Waals surface area contributed by atoms with E-state index in [2.05, 4.69) is 46.6 Å². The summed E-state index contributed by atoms with van der Waals surface area (Å²) in [4.78, 5) is 14.5. The molecule has 1 aliphatic rings. The number of amides is 1. The fourth-order valence-corrected chi connectivity index (χ4v) is 3.42. The molecule has 1 amide bonds. The highest BCUT2D eigenvalue weighted by Crippen LogP contribution is 2.28. The molecule has 1 fully saturated rings. The number of hydrogen-bond donors (Lipinski definition) is 1. The van der Waals surface area contributed by atoms with Crippen molar-refractivity contribution in [3.8, 4) is 0 Å². The van der Waals surface area contributed by atoms with Crippen LogP contribution >= 0.6 is 0 Å². The van der Waals surface area contributed by atoms with Crippen LogP contribution in [0.1, 0.15) is 59.5 Å². The Kier molecular flexibility index (Phi) is 5.53. The minimum atomic E-state index is -0.162. The van der Waals surface area contributed by atoms with Crippen LogP contribution < -0.4 is 5.32 Å². The van der Waals surface area contributed by atoms with Crippen molar-refractivity contribution >= 4 is 5.91 Å². The van der Waals surface area contributed by atoms with Crippen molar-refractivity contribution in [2.24, 2.45) is 0 Å². The molecular formula is C20H27N3O2. The van der Waals surface area contributed by atoms with E-state index in [0.29, 0.717) is 18.2 Å². The van der Waals surface area contributed by atoms with E-state index in [4.69, 9.17) is 4.52 Å². The lowest BCUT2D eigenvalue weighted by Crippen LogP contribution is -2.34. The second kappa shape index (κ2) is 7.83. The van der Waals surface area contributed by atoms with Gasteiger partial charge in [0.1, 0.15) is 5.76 Å². The van der Waals surface area contributed by atoms with Crippen molar-refractivity contribution in [3.63, 3.8) is 0 Å². The fraction of sp³-hybridized carbons (Fsp3) is 0.500. The molecular weight excluding hydrogens is 314 g/mol. The van der Waals surface area contributed by atoms with E-state index in [0.717, 1.165) is 25.4 Å². The predicted octanol–water partition coefficient (Wildman–Crippen LogP) is 3.33. The van der Waals surface area contributed by atoms with Crippen molar-refractivity contribution < 1.29 is 9.32 Å². The van der Waals surface area contributed by atoms with Gasteiger partial charge >= 0.3 is 0 Å². The number of carbonyl (C=O) groups excluding carboxylic acids is 1. The number of rotatable bonds is 6. The number of carbonyl (C=O) groups is 1. The van der Waals surface area contributed by atoms with Gasteiger partial charge < -0.3 is 14.7 Å². The zero-order chi connectivity index (χ0) is 17.8. The Balaban J connectivity index is 1.45. The summed E-state index contributed by atoms with van der Waals surface area (Å²) in [5.74, 6) is 1.41. The van der Waals surface area contributed by atoms with Crippen molar-refractivity contribution in [2.75, 3.05) is 26.2 Å². The van der Waals surface area contributed by atoms with E-state index >= 15 is 0 Å². The average Bonchev–Trinajstić information content (AvgIpc) is 3.25. The molecule has 1 atom stereocenters. The summed E-state index contributed by atoms with van der Waals surface area (Å²) in [6.07, 6.45) is 1.18. The predicted molar refractivity (Wildman–Crippen MR) is 97.9 cm³/mol. The fourth-order valence-electron chi connectivity index (χ4n) is 3.42. The molecule has 25 heavy (non-hydrogen) atoms. The molecule has 2 aromatic rings. The van der Waals surface area contributed by atoms with Crippen LogP contribution in [-0.4, -0.2) is 42.1 Å². The van der Waals surface area contributed by atoms with Crippen molar-refractivity contribution in [1.82, 2.24) is 15.4 Å². The van der Waals surface area contributed by atoms with Crippen LogP contribution in [0.15, 0.2) is 34.9 Å². The lowest BCUT2D eigenvalue weighted by Gasteiger charge is -2.17. The monoisotopic (exact) mass is 341 g/mol. The Labute approximate surface area is 149 Å². The smallest absolute Gasteiger partial charge is 0.273 e. The van der Waals surface area contributed by atoms with Crippen molar-refractivity contribution in [2.45, 2.75) is 39.0 Å². The molecule has 2 heterocycles. The van der Waals surface area contributed by atoms with E-state index in [1.165, 1.54) is 17.5 Å². The first-order chi connectivity index (χ1) is 12.0. The number of likely N-dealkylation sites (tertiary alicyclic amines) is 1. The maximum atomic E-state index is 12.1. The van der Waals surface area contributed by atoms with Gasteiger partial charge in [-0.05, 0) is 36.9 Å². The lowest BCUT2D eigenvalue weighted by molar-refractivity contribution is 0.0940. The van der Waals surface area contributed by atoms with Gasteiger partial charge in [-0.3, -0.25) is 4.79 Å². The number of nitrogens with one attached hydrogen (secondary N) is 1. The maximum Gasteiger partial charge on any atom is 0.273 e. The van der Waals surface area contributed by atoms with Crippen LogP contribution in [0.2, 0.25) is 0 Å². The third kappa shape index (κ3) is 4.28. The third-order valence-electron chi connectivity index (χ3n) is 4.94. The number of nitrogens with zero attached hydrogens (tertiary/aromatic N) is 2. The molecule has 0 saturated carbocycles. The Morgan fingerprint density at radius 2 is 2.20 bits per heavy atom. The Hall–Kier alpha value is -2.14. The van der Waals surface area contributed by atoms with E-state index in [-0.39, 0.29) is 11.8 Å². The van der Waals surface area contributed by atoms with E-state index in [1.54, 1.807) is 6.07 Å². The highest BCUT2D eigenvalue weighted by atomic mass is 16.5. The molecule has 0 radical (unpaired) electrons.